The highest BCUT2D eigenvalue weighted by atomic mass is 35.5. The Balaban J connectivity index is 2.62. The Morgan fingerprint density at radius 2 is 2.07 bits per heavy atom. The Morgan fingerprint density at radius 3 is 2.79 bits per heavy atom. The van der Waals surface area contributed by atoms with Gasteiger partial charge in [-0.25, -0.2) is 0 Å². The minimum absolute atomic E-state index is 0.532. The largest absolute Gasteiger partial charge is 0.387 e. The molecule has 0 aliphatic rings. The number of fused-ring (bicyclic) bond motifs is 1. The van der Waals surface area contributed by atoms with Crippen molar-refractivity contribution in [2.24, 2.45) is 0 Å². The van der Waals surface area contributed by atoms with E-state index in [4.69, 9.17) is 11.6 Å². The molecule has 0 aliphatic heterocycles. The number of benzene rings is 1. The molecule has 0 saturated carbocycles. The summed E-state index contributed by atoms with van der Waals surface area (Å²) in [7, 11) is 0. The van der Waals surface area contributed by atoms with Gasteiger partial charge in [0.25, 0.3) is 0 Å². The van der Waals surface area contributed by atoms with Gasteiger partial charge in [-0.05, 0) is 30.5 Å². The second-order valence-electron chi connectivity index (χ2n) is 3.28. The topological polar surface area (TPSA) is 33.1 Å². The van der Waals surface area contributed by atoms with Gasteiger partial charge >= 0.3 is 0 Å². The lowest BCUT2D eigenvalue weighted by Gasteiger charge is -2.05. The van der Waals surface area contributed by atoms with Crippen molar-refractivity contribution < 1.29 is 5.11 Å². The normalized spacial score (nSPS) is 13.1. The molecule has 14 heavy (non-hydrogen) atoms. The van der Waals surface area contributed by atoms with Crippen LogP contribution in [0, 0.1) is 0 Å². The van der Waals surface area contributed by atoms with E-state index in [1.54, 1.807) is 13.1 Å². The molecule has 1 atom stereocenters. The molecular formula is C11H10ClNO. The molecule has 1 aromatic heterocycles. The molecule has 0 fully saturated rings. The zero-order valence-electron chi connectivity index (χ0n) is 7.74. The van der Waals surface area contributed by atoms with Crippen LogP contribution >= 0.6 is 11.6 Å². The van der Waals surface area contributed by atoms with Crippen LogP contribution in [-0.4, -0.2) is 10.1 Å². The summed E-state index contributed by atoms with van der Waals surface area (Å²) in [4.78, 5) is 4.14. The lowest BCUT2D eigenvalue weighted by molar-refractivity contribution is 0.194. The van der Waals surface area contributed by atoms with E-state index >= 15 is 0 Å². The molecule has 3 heteroatoms. The Kier molecular flexibility index (Phi) is 2.40. The second-order valence-corrected chi connectivity index (χ2v) is 3.71. The number of nitrogens with zero attached hydrogens (tertiary/aromatic N) is 1. The van der Waals surface area contributed by atoms with Gasteiger partial charge in [-0.3, -0.25) is 4.98 Å². The SMILES string of the molecule is CC(O)c1cc2ccc(Cl)cc2cn1. The summed E-state index contributed by atoms with van der Waals surface area (Å²) < 4.78 is 0. The van der Waals surface area contributed by atoms with Crippen LogP contribution in [0.25, 0.3) is 10.8 Å². The molecule has 0 bridgehead atoms. The highest BCUT2D eigenvalue weighted by Gasteiger charge is 2.03. The molecule has 0 radical (unpaired) electrons. The number of hydrogen-bond donors (Lipinski definition) is 1. The molecule has 0 saturated heterocycles. The molecule has 1 unspecified atom stereocenters. The van der Waals surface area contributed by atoms with Gasteiger partial charge in [-0.15, -0.1) is 0 Å². The standard InChI is InChI=1S/C11H10ClNO/c1-7(14)11-5-8-2-3-10(12)4-9(8)6-13-11/h2-7,14H,1H3. The number of halogens is 1. The van der Waals surface area contributed by atoms with Crippen molar-refractivity contribution in [1.29, 1.82) is 0 Å². The lowest BCUT2D eigenvalue weighted by Crippen LogP contribution is -1.94. The number of aliphatic hydroxyl groups is 1. The number of hydrogen-bond acceptors (Lipinski definition) is 2. The summed E-state index contributed by atoms with van der Waals surface area (Å²) >= 11 is 5.84. The Morgan fingerprint density at radius 1 is 1.29 bits per heavy atom. The molecule has 0 aliphatic carbocycles. The lowest BCUT2D eigenvalue weighted by atomic mass is 10.1. The van der Waals surface area contributed by atoms with E-state index in [1.807, 2.05) is 24.3 Å². The highest BCUT2D eigenvalue weighted by Crippen LogP contribution is 2.21. The monoisotopic (exact) mass is 207 g/mol. The quantitative estimate of drug-likeness (QED) is 0.780. The van der Waals surface area contributed by atoms with E-state index in [2.05, 4.69) is 4.98 Å². The first-order valence-corrected chi connectivity index (χ1v) is 4.78. The maximum absolute atomic E-state index is 9.35. The fraction of sp³-hybridized carbons (Fsp3) is 0.182. The third-order valence-electron chi connectivity index (χ3n) is 2.13. The first-order valence-electron chi connectivity index (χ1n) is 4.40. The van der Waals surface area contributed by atoms with Gasteiger partial charge in [0.1, 0.15) is 0 Å². The van der Waals surface area contributed by atoms with E-state index in [9.17, 15) is 5.11 Å². The van der Waals surface area contributed by atoms with Crippen LogP contribution in [0.1, 0.15) is 18.7 Å². The fourth-order valence-corrected chi connectivity index (χ4v) is 1.54. The molecule has 2 rings (SSSR count). The molecule has 0 spiro atoms. The molecular weight excluding hydrogens is 198 g/mol. The predicted molar refractivity (Wildman–Crippen MR) is 57.4 cm³/mol. The zero-order chi connectivity index (χ0) is 10.1. The average molecular weight is 208 g/mol. The highest BCUT2D eigenvalue weighted by molar-refractivity contribution is 6.31. The maximum atomic E-state index is 9.35. The number of aliphatic hydroxyl groups excluding tert-OH is 1. The van der Waals surface area contributed by atoms with Crippen molar-refractivity contribution in [3.63, 3.8) is 0 Å². The van der Waals surface area contributed by atoms with Gasteiger partial charge < -0.3 is 5.11 Å². The first kappa shape index (κ1) is 9.44. The van der Waals surface area contributed by atoms with Crippen molar-refractivity contribution in [2.45, 2.75) is 13.0 Å². The van der Waals surface area contributed by atoms with Gasteiger partial charge in [0.15, 0.2) is 0 Å². The molecule has 2 nitrogen and oxygen atoms in total. The van der Waals surface area contributed by atoms with Gasteiger partial charge in [-0.2, -0.15) is 0 Å². The zero-order valence-corrected chi connectivity index (χ0v) is 8.49. The molecule has 2 aromatic rings. The van der Waals surface area contributed by atoms with E-state index in [1.165, 1.54) is 0 Å². The van der Waals surface area contributed by atoms with Crippen molar-refractivity contribution >= 4 is 22.4 Å². The summed E-state index contributed by atoms with van der Waals surface area (Å²) in [5.41, 5.74) is 0.680. The van der Waals surface area contributed by atoms with Gasteiger partial charge in [0, 0.05) is 16.6 Å². The smallest absolute Gasteiger partial charge is 0.0931 e. The number of pyridine rings is 1. The Hall–Kier alpha value is -1.12. The fourth-order valence-electron chi connectivity index (χ4n) is 1.36. The van der Waals surface area contributed by atoms with Crippen LogP contribution in [0.5, 0.6) is 0 Å². The Bertz CT molecular complexity index is 468. The van der Waals surface area contributed by atoms with Crippen LogP contribution in [0.4, 0.5) is 0 Å². The van der Waals surface area contributed by atoms with Crippen LogP contribution in [0.2, 0.25) is 5.02 Å². The van der Waals surface area contributed by atoms with Crippen LogP contribution in [0.15, 0.2) is 30.5 Å². The summed E-state index contributed by atoms with van der Waals surface area (Å²) in [6.45, 7) is 1.70. The van der Waals surface area contributed by atoms with Crippen molar-refractivity contribution in [2.75, 3.05) is 0 Å². The molecule has 1 N–H and O–H groups in total. The third kappa shape index (κ3) is 1.72. The Labute approximate surface area is 87.2 Å². The van der Waals surface area contributed by atoms with Gasteiger partial charge in [0.2, 0.25) is 0 Å². The van der Waals surface area contributed by atoms with Crippen molar-refractivity contribution in [3.05, 3.63) is 41.2 Å². The molecule has 1 aromatic carbocycles. The third-order valence-corrected chi connectivity index (χ3v) is 2.37. The number of rotatable bonds is 1. The molecule has 0 amide bonds. The van der Waals surface area contributed by atoms with Gasteiger partial charge in [-0.1, -0.05) is 17.7 Å². The van der Waals surface area contributed by atoms with Crippen LogP contribution in [0.3, 0.4) is 0 Å². The minimum atomic E-state index is -0.532. The molecule has 1 heterocycles. The van der Waals surface area contributed by atoms with E-state index < -0.39 is 6.10 Å². The first-order chi connectivity index (χ1) is 6.66. The van der Waals surface area contributed by atoms with E-state index in [-0.39, 0.29) is 0 Å². The summed E-state index contributed by atoms with van der Waals surface area (Å²) in [6, 6.07) is 7.48. The minimum Gasteiger partial charge on any atom is -0.387 e. The van der Waals surface area contributed by atoms with Crippen LogP contribution in [-0.2, 0) is 0 Å². The van der Waals surface area contributed by atoms with Crippen molar-refractivity contribution in [1.82, 2.24) is 4.98 Å². The van der Waals surface area contributed by atoms with Gasteiger partial charge in [0.05, 0.1) is 11.8 Å². The molecule has 72 valence electrons. The predicted octanol–water partition coefficient (Wildman–Crippen LogP) is 2.94. The summed E-state index contributed by atoms with van der Waals surface area (Å²) in [5.74, 6) is 0. The van der Waals surface area contributed by atoms with Crippen molar-refractivity contribution in [3.8, 4) is 0 Å². The number of aromatic nitrogens is 1. The van der Waals surface area contributed by atoms with E-state index in [0.29, 0.717) is 10.7 Å². The summed E-state index contributed by atoms with van der Waals surface area (Å²) in [5, 5.41) is 12.1. The van der Waals surface area contributed by atoms with Crippen LogP contribution < -0.4 is 0 Å². The summed E-state index contributed by atoms with van der Waals surface area (Å²) in [6.07, 6.45) is 1.19. The second kappa shape index (κ2) is 3.56. The maximum Gasteiger partial charge on any atom is 0.0931 e. The average Bonchev–Trinajstić information content (AvgIpc) is 2.16. The van der Waals surface area contributed by atoms with E-state index in [0.717, 1.165) is 10.8 Å².